The van der Waals surface area contributed by atoms with Crippen molar-refractivity contribution in [2.75, 3.05) is 18.5 Å². The molecule has 96 valence electrons. The average molecular weight is 245 g/mol. The van der Waals surface area contributed by atoms with Crippen LogP contribution in [0.25, 0.3) is 5.65 Å². The van der Waals surface area contributed by atoms with Crippen molar-refractivity contribution in [3.8, 4) is 0 Å². The number of hydrogen-bond acceptors (Lipinski definition) is 4. The fraction of sp³-hybridized carbons (Fsp3) is 0.538. The Bertz CT molecular complexity index is 558. The first kappa shape index (κ1) is 11.5. The van der Waals surface area contributed by atoms with Gasteiger partial charge in [0.15, 0.2) is 5.65 Å². The summed E-state index contributed by atoms with van der Waals surface area (Å²) in [5, 5.41) is 4.53. The summed E-state index contributed by atoms with van der Waals surface area (Å²) in [6.45, 7) is 2.72. The number of hydrogen-bond donors (Lipinski definition) is 1. The minimum Gasteiger partial charge on any atom is -0.338 e. The molecule has 0 spiro atoms. The van der Waals surface area contributed by atoms with Gasteiger partial charge in [0, 0.05) is 25.8 Å². The highest BCUT2D eigenvalue weighted by atomic mass is 15.4. The van der Waals surface area contributed by atoms with Gasteiger partial charge in [-0.25, -0.2) is 4.52 Å². The standard InChI is InChI=1S/C13H19N5/c1-9-3-6-12-15-13(16-18(12)8-9)17(2)11(7-14)10-4-5-10/h3,6,8,10-11H,4-5,7,14H2,1-2H3. The van der Waals surface area contributed by atoms with Gasteiger partial charge >= 0.3 is 0 Å². The highest BCUT2D eigenvalue weighted by Crippen LogP contribution is 2.35. The summed E-state index contributed by atoms with van der Waals surface area (Å²) in [5.74, 6) is 1.48. The molecule has 1 aliphatic carbocycles. The molecule has 0 aliphatic heterocycles. The van der Waals surface area contributed by atoms with E-state index in [1.54, 1.807) is 0 Å². The van der Waals surface area contributed by atoms with Crippen LogP contribution in [0.1, 0.15) is 18.4 Å². The van der Waals surface area contributed by atoms with E-state index >= 15 is 0 Å². The van der Waals surface area contributed by atoms with Crippen LogP contribution in [0.5, 0.6) is 0 Å². The number of nitrogens with zero attached hydrogens (tertiary/aromatic N) is 4. The molecule has 0 radical (unpaired) electrons. The van der Waals surface area contributed by atoms with E-state index in [2.05, 4.69) is 28.0 Å². The minimum atomic E-state index is 0.364. The molecule has 0 amide bonds. The maximum absolute atomic E-state index is 5.87. The van der Waals surface area contributed by atoms with Crippen molar-refractivity contribution in [2.24, 2.45) is 11.7 Å². The second-order valence-corrected chi connectivity index (χ2v) is 5.17. The van der Waals surface area contributed by atoms with Gasteiger partial charge < -0.3 is 10.6 Å². The first-order valence-corrected chi connectivity index (χ1v) is 6.45. The third-order valence-corrected chi connectivity index (χ3v) is 3.69. The van der Waals surface area contributed by atoms with Crippen LogP contribution in [0.2, 0.25) is 0 Å². The molecule has 0 aromatic carbocycles. The number of aryl methyl sites for hydroxylation is 1. The van der Waals surface area contributed by atoms with Crippen LogP contribution in [-0.4, -0.2) is 34.2 Å². The molecule has 5 heteroatoms. The second kappa shape index (κ2) is 4.24. The number of rotatable bonds is 4. The lowest BCUT2D eigenvalue weighted by Crippen LogP contribution is -2.40. The van der Waals surface area contributed by atoms with Gasteiger partial charge in [0.2, 0.25) is 5.95 Å². The van der Waals surface area contributed by atoms with Crippen molar-refractivity contribution >= 4 is 11.6 Å². The van der Waals surface area contributed by atoms with Crippen LogP contribution in [0.3, 0.4) is 0 Å². The van der Waals surface area contributed by atoms with Gasteiger partial charge in [0.25, 0.3) is 0 Å². The Labute approximate surface area is 107 Å². The van der Waals surface area contributed by atoms with Gasteiger partial charge in [-0.3, -0.25) is 0 Å². The van der Waals surface area contributed by atoms with E-state index in [1.165, 1.54) is 18.4 Å². The molecule has 0 saturated heterocycles. The number of aromatic nitrogens is 3. The molecule has 0 bridgehead atoms. The van der Waals surface area contributed by atoms with Crippen molar-refractivity contribution in [3.05, 3.63) is 23.9 Å². The van der Waals surface area contributed by atoms with Crippen molar-refractivity contribution in [1.29, 1.82) is 0 Å². The summed E-state index contributed by atoms with van der Waals surface area (Å²) in [7, 11) is 2.04. The summed E-state index contributed by atoms with van der Waals surface area (Å²) >= 11 is 0. The van der Waals surface area contributed by atoms with Gasteiger partial charge in [-0.1, -0.05) is 6.07 Å². The van der Waals surface area contributed by atoms with Gasteiger partial charge in [0.05, 0.1) is 0 Å². The fourth-order valence-electron chi connectivity index (χ4n) is 2.42. The molecule has 2 aromatic heterocycles. The number of fused-ring (bicyclic) bond motifs is 1. The molecule has 1 atom stereocenters. The molecular formula is C13H19N5. The molecule has 1 fully saturated rings. The zero-order valence-electron chi connectivity index (χ0n) is 10.9. The summed E-state index contributed by atoms with van der Waals surface area (Å²) < 4.78 is 1.83. The largest absolute Gasteiger partial charge is 0.338 e. The number of pyridine rings is 1. The summed E-state index contributed by atoms with van der Waals surface area (Å²) in [6, 6.07) is 4.41. The zero-order valence-corrected chi connectivity index (χ0v) is 10.9. The quantitative estimate of drug-likeness (QED) is 0.879. The summed E-state index contributed by atoms with van der Waals surface area (Å²) in [5.41, 5.74) is 7.93. The Kier molecular flexibility index (Phi) is 2.70. The van der Waals surface area contributed by atoms with Crippen LogP contribution >= 0.6 is 0 Å². The van der Waals surface area contributed by atoms with Crippen molar-refractivity contribution in [3.63, 3.8) is 0 Å². The lowest BCUT2D eigenvalue weighted by Gasteiger charge is -2.25. The summed E-state index contributed by atoms with van der Waals surface area (Å²) in [6.07, 6.45) is 4.55. The van der Waals surface area contributed by atoms with Crippen LogP contribution < -0.4 is 10.6 Å². The van der Waals surface area contributed by atoms with E-state index in [1.807, 2.05) is 23.8 Å². The molecular weight excluding hydrogens is 226 g/mol. The lowest BCUT2D eigenvalue weighted by molar-refractivity contribution is 0.561. The second-order valence-electron chi connectivity index (χ2n) is 5.17. The van der Waals surface area contributed by atoms with Crippen LogP contribution in [-0.2, 0) is 0 Å². The van der Waals surface area contributed by atoms with E-state index in [-0.39, 0.29) is 0 Å². The highest BCUT2D eigenvalue weighted by Gasteiger charge is 2.34. The Hall–Kier alpha value is -1.62. The molecule has 2 N–H and O–H groups in total. The SMILES string of the molecule is Cc1ccc2nc(N(C)C(CN)C3CC3)nn2c1. The number of nitrogens with two attached hydrogens (primary N) is 1. The van der Waals surface area contributed by atoms with Crippen molar-refractivity contribution in [2.45, 2.75) is 25.8 Å². The van der Waals surface area contributed by atoms with E-state index in [0.717, 1.165) is 11.6 Å². The van der Waals surface area contributed by atoms with Crippen molar-refractivity contribution < 1.29 is 0 Å². The molecule has 18 heavy (non-hydrogen) atoms. The lowest BCUT2D eigenvalue weighted by atomic mass is 10.2. The molecule has 1 aliphatic rings. The van der Waals surface area contributed by atoms with Gasteiger partial charge in [-0.2, -0.15) is 4.98 Å². The molecule has 1 saturated carbocycles. The topological polar surface area (TPSA) is 59.5 Å². The first-order chi connectivity index (χ1) is 8.69. The Morgan fingerprint density at radius 1 is 1.50 bits per heavy atom. The summed E-state index contributed by atoms with van der Waals surface area (Å²) in [4.78, 5) is 6.68. The van der Waals surface area contributed by atoms with E-state index < -0.39 is 0 Å². The normalized spacial score (nSPS) is 17.1. The Morgan fingerprint density at radius 2 is 2.28 bits per heavy atom. The Balaban J connectivity index is 1.92. The molecule has 2 aromatic rings. The maximum atomic E-state index is 5.87. The van der Waals surface area contributed by atoms with Crippen LogP contribution in [0, 0.1) is 12.8 Å². The minimum absolute atomic E-state index is 0.364. The van der Waals surface area contributed by atoms with Crippen LogP contribution in [0.15, 0.2) is 18.3 Å². The zero-order chi connectivity index (χ0) is 12.7. The predicted molar refractivity (Wildman–Crippen MR) is 71.7 cm³/mol. The van der Waals surface area contributed by atoms with Gasteiger partial charge in [-0.15, -0.1) is 5.10 Å². The predicted octanol–water partition coefficient (Wildman–Crippen LogP) is 1.21. The highest BCUT2D eigenvalue weighted by molar-refractivity contribution is 5.45. The van der Waals surface area contributed by atoms with Gasteiger partial charge in [-0.05, 0) is 37.3 Å². The van der Waals surface area contributed by atoms with Crippen LogP contribution in [0.4, 0.5) is 5.95 Å². The Morgan fingerprint density at radius 3 is 2.94 bits per heavy atom. The first-order valence-electron chi connectivity index (χ1n) is 6.45. The smallest absolute Gasteiger partial charge is 0.245 e. The average Bonchev–Trinajstić information content (AvgIpc) is 3.08. The molecule has 2 heterocycles. The molecule has 3 rings (SSSR count). The number of anilines is 1. The number of likely N-dealkylation sites (N-methyl/N-ethyl adjacent to an activating group) is 1. The third-order valence-electron chi connectivity index (χ3n) is 3.69. The molecule has 5 nitrogen and oxygen atoms in total. The maximum Gasteiger partial charge on any atom is 0.245 e. The fourth-order valence-corrected chi connectivity index (χ4v) is 2.42. The third kappa shape index (κ3) is 1.95. The van der Waals surface area contributed by atoms with E-state index in [0.29, 0.717) is 18.5 Å². The molecule has 1 unspecified atom stereocenters. The van der Waals surface area contributed by atoms with Crippen molar-refractivity contribution in [1.82, 2.24) is 14.6 Å². The monoisotopic (exact) mass is 245 g/mol. The van der Waals surface area contributed by atoms with E-state index in [4.69, 9.17) is 5.73 Å². The van der Waals surface area contributed by atoms with E-state index in [9.17, 15) is 0 Å². The van der Waals surface area contributed by atoms with Gasteiger partial charge in [0.1, 0.15) is 0 Å².